The largest absolute Gasteiger partial charge is 0.376 e. The summed E-state index contributed by atoms with van der Waals surface area (Å²) in [6.45, 7) is 2.03. The summed E-state index contributed by atoms with van der Waals surface area (Å²) >= 11 is 6.07. The molecule has 94 valence electrons. The summed E-state index contributed by atoms with van der Waals surface area (Å²) in [5, 5.41) is 3.89. The molecule has 0 aliphatic rings. The maximum Gasteiger partial charge on any atom is 0.123 e. The number of nitrogens with zero attached hydrogens (tertiary/aromatic N) is 1. The van der Waals surface area contributed by atoms with E-state index in [1.165, 1.54) is 12.1 Å². The van der Waals surface area contributed by atoms with Crippen molar-refractivity contribution in [2.75, 3.05) is 5.32 Å². The van der Waals surface area contributed by atoms with E-state index in [2.05, 4.69) is 10.3 Å². The third kappa shape index (κ3) is 2.99. The molecule has 1 unspecified atom stereocenters. The summed E-state index contributed by atoms with van der Waals surface area (Å²) in [5.41, 5.74) is 1.66. The fourth-order valence-electron chi connectivity index (χ4n) is 1.82. The lowest BCUT2D eigenvalue weighted by molar-refractivity contribution is 0.621. The molecule has 4 heteroatoms. The van der Waals surface area contributed by atoms with Crippen LogP contribution in [0.5, 0.6) is 0 Å². The van der Waals surface area contributed by atoms with Crippen molar-refractivity contribution in [3.05, 3.63) is 59.1 Å². The van der Waals surface area contributed by atoms with Crippen molar-refractivity contribution in [2.24, 2.45) is 0 Å². The summed E-state index contributed by atoms with van der Waals surface area (Å²) in [6, 6.07) is 8.32. The van der Waals surface area contributed by atoms with Crippen LogP contribution in [0.15, 0.2) is 42.7 Å². The third-order valence-electron chi connectivity index (χ3n) is 2.76. The van der Waals surface area contributed by atoms with Crippen LogP contribution in [0, 0.1) is 5.82 Å². The molecule has 2 aromatic rings. The Balaban J connectivity index is 2.23. The number of halogens is 2. The summed E-state index contributed by atoms with van der Waals surface area (Å²) in [6.07, 6.45) is 4.13. The van der Waals surface area contributed by atoms with Crippen LogP contribution in [0.2, 0.25) is 5.02 Å². The molecule has 1 atom stereocenters. The van der Waals surface area contributed by atoms with Crippen molar-refractivity contribution >= 4 is 17.3 Å². The SMILES string of the molecule is CCC(Nc1cnccc1Cl)c1cccc(F)c1. The Morgan fingerprint density at radius 3 is 2.89 bits per heavy atom. The second-order valence-electron chi connectivity index (χ2n) is 4.02. The van der Waals surface area contributed by atoms with Crippen LogP contribution in [0.25, 0.3) is 0 Å². The molecule has 0 bridgehead atoms. The number of anilines is 1. The highest BCUT2D eigenvalue weighted by Crippen LogP contribution is 2.27. The van der Waals surface area contributed by atoms with E-state index in [0.29, 0.717) is 5.02 Å². The smallest absolute Gasteiger partial charge is 0.123 e. The molecule has 1 heterocycles. The molecule has 0 radical (unpaired) electrons. The lowest BCUT2D eigenvalue weighted by Crippen LogP contribution is -2.10. The Morgan fingerprint density at radius 1 is 1.39 bits per heavy atom. The molecule has 0 saturated carbocycles. The molecule has 1 aromatic heterocycles. The first kappa shape index (κ1) is 12.8. The van der Waals surface area contributed by atoms with Gasteiger partial charge in [-0.2, -0.15) is 0 Å². The molecule has 1 N–H and O–H groups in total. The number of benzene rings is 1. The minimum Gasteiger partial charge on any atom is -0.376 e. The number of aromatic nitrogens is 1. The standard InChI is InChI=1S/C14H14ClFN2/c1-2-13(10-4-3-5-11(16)8-10)18-14-9-17-7-6-12(14)15/h3-9,13,18H,2H2,1H3. The van der Waals surface area contributed by atoms with Gasteiger partial charge in [0.15, 0.2) is 0 Å². The van der Waals surface area contributed by atoms with Crippen LogP contribution in [-0.2, 0) is 0 Å². The Kier molecular flexibility index (Phi) is 4.15. The molecule has 0 aliphatic heterocycles. The van der Waals surface area contributed by atoms with Crippen LogP contribution < -0.4 is 5.32 Å². The molecule has 0 spiro atoms. The number of rotatable bonds is 4. The van der Waals surface area contributed by atoms with Crippen LogP contribution in [0.4, 0.5) is 10.1 Å². The maximum absolute atomic E-state index is 13.2. The van der Waals surface area contributed by atoms with Crippen LogP contribution in [0.3, 0.4) is 0 Å². The lowest BCUT2D eigenvalue weighted by atomic mass is 10.0. The molecule has 2 nitrogen and oxygen atoms in total. The first-order valence-electron chi connectivity index (χ1n) is 5.82. The number of pyridine rings is 1. The van der Waals surface area contributed by atoms with Gasteiger partial charge in [0, 0.05) is 6.20 Å². The summed E-state index contributed by atoms with van der Waals surface area (Å²) < 4.78 is 13.2. The van der Waals surface area contributed by atoms with Crippen molar-refractivity contribution < 1.29 is 4.39 Å². The van der Waals surface area contributed by atoms with Gasteiger partial charge in [0.2, 0.25) is 0 Å². The van der Waals surface area contributed by atoms with E-state index < -0.39 is 0 Å². The molecule has 2 rings (SSSR count). The molecule has 0 amide bonds. The maximum atomic E-state index is 13.2. The average Bonchev–Trinajstić information content (AvgIpc) is 2.38. The molecule has 0 aliphatic carbocycles. The molecule has 18 heavy (non-hydrogen) atoms. The fraction of sp³-hybridized carbons (Fsp3) is 0.214. The highest BCUT2D eigenvalue weighted by atomic mass is 35.5. The van der Waals surface area contributed by atoms with Gasteiger partial charge in [-0.3, -0.25) is 4.98 Å². The minimum atomic E-state index is -0.231. The van der Waals surface area contributed by atoms with Gasteiger partial charge in [-0.15, -0.1) is 0 Å². The number of hydrogen-bond acceptors (Lipinski definition) is 2. The molecular formula is C14H14ClFN2. The van der Waals surface area contributed by atoms with E-state index >= 15 is 0 Å². The van der Waals surface area contributed by atoms with Crippen LogP contribution in [-0.4, -0.2) is 4.98 Å². The quantitative estimate of drug-likeness (QED) is 0.883. The molecule has 0 saturated heterocycles. The predicted octanol–water partition coefficient (Wildman–Crippen LogP) is 4.44. The van der Waals surface area contributed by atoms with Crippen molar-refractivity contribution in [3.8, 4) is 0 Å². The van der Waals surface area contributed by atoms with Crippen LogP contribution >= 0.6 is 11.6 Å². The van der Waals surface area contributed by atoms with E-state index in [1.54, 1.807) is 24.5 Å². The topological polar surface area (TPSA) is 24.9 Å². The van der Waals surface area contributed by atoms with Gasteiger partial charge in [-0.1, -0.05) is 30.7 Å². The van der Waals surface area contributed by atoms with Gasteiger partial charge >= 0.3 is 0 Å². The van der Waals surface area contributed by atoms with Gasteiger partial charge in [0.05, 0.1) is 22.9 Å². The van der Waals surface area contributed by atoms with E-state index in [1.807, 2.05) is 13.0 Å². The summed E-state index contributed by atoms with van der Waals surface area (Å²) in [4.78, 5) is 4.02. The van der Waals surface area contributed by atoms with Crippen molar-refractivity contribution in [2.45, 2.75) is 19.4 Å². The van der Waals surface area contributed by atoms with E-state index in [0.717, 1.165) is 17.7 Å². The second kappa shape index (κ2) is 5.83. The molecular weight excluding hydrogens is 251 g/mol. The van der Waals surface area contributed by atoms with Crippen LogP contribution in [0.1, 0.15) is 24.9 Å². The first-order chi connectivity index (χ1) is 8.70. The highest BCUT2D eigenvalue weighted by molar-refractivity contribution is 6.33. The minimum absolute atomic E-state index is 0.0161. The monoisotopic (exact) mass is 264 g/mol. The van der Waals surface area contributed by atoms with Crippen molar-refractivity contribution in [1.29, 1.82) is 0 Å². The zero-order chi connectivity index (χ0) is 13.0. The van der Waals surface area contributed by atoms with Gasteiger partial charge < -0.3 is 5.32 Å². The Morgan fingerprint density at radius 2 is 2.22 bits per heavy atom. The van der Waals surface area contributed by atoms with E-state index in [-0.39, 0.29) is 11.9 Å². The third-order valence-corrected chi connectivity index (χ3v) is 3.09. The Bertz CT molecular complexity index is 531. The number of hydrogen-bond donors (Lipinski definition) is 1. The predicted molar refractivity (Wildman–Crippen MR) is 72.3 cm³/mol. The normalized spacial score (nSPS) is 12.2. The van der Waals surface area contributed by atoms with Gasteiger partial charge in [-0.05, 0) is 30.2 Å². The van der Waals surface area contributed by atoms with Crippen molar-refractivity contribution in [1.82, 2.24) is 4.98 Å². The molecule has 0 fully saturated rings. The highest BCUT2D eigenvalue weighted by Gasteiger charge is 2.11. The van der Waals surface area contributed by atoms with E-state index in [9.17, 15) is 4.39 Å². The summed E-state index contributed by atoms with van der Waals surface area (Å²) in [5.74, 6) is -0.231. The average molecular weight is 265 g/mol. The molecule has 1 aromatic carbocycles. The zero-order valence-electron chi connectivity index (χ0n) is 10.0. The van der Waals surface area contributed by atoms with Gasteiger partial charge in [-0.25, -0.2) is 4.39 Å². The first-order valence-corrected chi connectivity index (χ1v) is 6.20. The van der Waals surface area contributed by atoms with E-state index in [4.69, 9.17) is 11.6 Å². The zero-order valence-corrected chi connectivity index (χ0v) is 10.8. The van der Waals surface area contributed by atoms with Gasteiger partial charge in [0.25, 0.3) is 0 Å². The Labute approximate surface area is 111 Å². The lowest BCUT2D eigenvalue weighted by Gasteiger charge is -2.19. The fourth-order valence-corrected chi connectivity index (χ4v) is 1.98. The second-order valence-corrected chi connectivity index (χ2v) is 4.42. The summed E-state index contributed by atoms with van der Waals surface area (Å²) in [7, 11) is 0. The van der Waals surface area contributed by atoms with Gasteiger partial charge in [0.1, 0.15) is 5.82 Å². The van der Waals surface area contributed by atoms with Crippen molar-refractivity contribution in [3.63, 3.8) is 0 Å². The Hall–Kier alpha value is -1.61. The number of nitrogens with one attached hydrogen (secondary N) is 1.